The Labute approximate surface area is 164 Å². The Hall–Kier alpha value is -0.917. The van der Waals surface area contributed by atoms with Crippen LogP contribution < -0.4 is 30.4 Å². The minimum atomic E-state index is -4.49. The molecule has 0 radical (unpaired) electrons. The number of halogens is 8. The quantitative estimate of drug-likeness (QED) is 0.525. The largest absolute Gasteiger partial charge is 1.00 e. The van der Waals surface area contributed by atoms with Crippen molar-refractivity contribution in [2.75, 3.05) is 0 Å². The second kappa shape index (κ2) is 9.69. The van der Waals surface area contributed by atoms with E-state index in [0.717, 1.165) is 24.3 Å². The van der Waals surface area contributed by atoms with E-state index in [1.807, 2.05) is 0 Å². The SMILES string of the molecule is FC(F)(F)c1cccc([O][Zr+2][O]c2cccc(C(F)(F)F)c2)c1.[Cl-].[Cl-]. The Morgan fingerprint density at radius 2 is 1.00 bits per heavy atom. The van der Waals surface area contributed by atoms with E-state index in [-0.39, 0.29) is 36.3 Å². The van der Waals surface area contributed by atoms with Crippen LogP contribution >= 0.6 is 0 Å². The van der Waals surface area contributed by atoms with Crippen LogP contribution in [0.1, 0.15) is 11.1 Å². The molecule has 2 aromatic rings. The van der Waals surface area contributed by atoms with Gasteiger partial charge in [-0.3, -0.25) is 0 Å². The number of benzene rings is 2. The predicted octanol–water partition coefficient (Wildman–Crippen LogP) is -0.897. The third-order valence-electron chi connectivity index (χ3n) is 2.64. The molecular weight excluding hydrogens is 476 g/mol. The van der Waals surface area contributed by atoms with E-state index in [2.05, 4.69) is 0 Å². The number of alkyl halides is 6. The van der Waals surface area contributed by atoms with Gasteiger partial charge in [0.2, 0.25) is 0 Å². The van der Waals surface area contributed by atoms with Gasteiger partial charge in [-0.05, 0) is 0 Å². The van der Waals surface area contributed by atoms with Crippen molar-refractivity contribution in [1.82, 2.24) is 0 Å². The molecule has 0 fully saturated rings. The number of rotatable bonds is 4. The van der Waals surface area contributed by atoms with Crippen molar-refractivity contribution in [2.45, 2.75) is 12.4 Å². The van der Waals surface area contributed by atoms with Gasteiger partial charge in [-0.1, -0.05) is 0 Å². The van der Waals surface area contributed by atoms with Crippen molar-refractivity contribution in [1.29, 1.82) is 0 Å². The number of hydrogen-bond donors (Lipinski definition) is 0. The Morgan fingerprint density at radius 1 is 0.640 bits per heavy atom. The van der Waals surface area contributed by atoms with Crippen LogP contribution in [0.2, 0.25) is 0 Å². The van der Waals surface area contributed by atoms with Crippen molar-refractivity contribution in [3.63, 3.8) is 0 Å². The van der Waals surface area contributed by atoms with E-state index < -0.39 is 47.6 Å². The maximum Gasteiger partial charge on any atom is -1.00 e. The first-order valence-electron chi connectivity index (χ1n) is 6.09. The van der Waals surface area contributed by atoms with E-state index in [4.69, 9.17) is 5.63 Å². The Balaban J connectivity index is 0.00000288. The fraction of sp³-hybridized carbons (Fsp3) is 0.143. The molecule has 0 N–H and O–H groups in total. The molecule has 0 aliphatic heterocycles. The summed E-state index contributed by atoms with van der Waals surface area (Å²) in [6.45, 7) is 0. The van der Waals surface area contributed by atoms with Crippen LogP contribution in [0.15, 0.2) is 48.5 Å². The molecule has 0 unspecified atom stereocenters. The topological polar surface area (TPSA) is 18.5 Å². The zero-order chi connectivity index (χ0) is 17.1. The maximum atomic E-state index is 12.5. The van der Waals surface area contributed by atoms with Crippen molar-refractivity contribution in [3.8, 4) is 11.5 Å². The van der Waals surface area contributed by atoms with Crippen molar-refractivity contribution in [2.24, 2.45) is 0 Å². The van der Waals surface area contributed by atoms with Gasteiger partial charge in [-0.15, -0.1) is 0 Å². The summed E-state index contributed by atoms with van der Waals surface area (Å²) in [6.07, 6.45) is -8.99. The van der Waals surface area contributed by atoms with Crippen LogP contribution in [0.4, 0.5) is 26.3 Å². The first-order chi connectivity index (χ1) is 10.7. The third-order valence-corrected chi connectivity index (χ3v) is 4.21. The predicted molar refractivity (Wildman–Crippen MR) is 64.1 cm³/mol. The summed E-state index contributed by atoms with van der Waals surface area (Å²) >= 11 is -2.13. The molecule has 2 nitrogen and oxygen atoms in total. The van der Waals surface area contributed by atoms with Crippen molar-refractivity contribution in [3.05, 3.63) is 59.7 Å². The Kier molecular flexibility index (Phi) is 9.33. The molecule has 2 aromatic carbocycles. The molecule has 0 heterocycles. The summed E-state index contributed by atoms with van der Waals surface area (Å²) in [4.78, 5) is 0. The number of hydrogen-bond acceptors (Lipinski definition) is 2. The zero-order valence-corrected chi connectivity index (χ0v) is 15.9. The molecule has 0 saturated heterocycles. The van der Waals surface area contributed by atoms with Crippen molar-refractivity contribution < 1.29 is 80.9 Å². The van der Waals surface area contributed by atoms with Crippen LogP contribution in [-0.4, -0.2) is 0 Å². The van der Waals surface area contributed by atoms with Gasteiger partial charge in [0.15, 0.2) is 0 Å². The summed E-state index contributed by atoms with van der Waals surface area (Å²) in [7, 11) is 0. The zero-order valence-electron chi connectivity index (χ0n) is 12.0. The molecule has 11 heteroatoms. The maximum absolute atomic E-state index is 12.5. The first kappa shape index (κ1) is 24.1. The molecule has 0 amide bonds. The molecule has 136 valence electrons. The van der Waals surface area contributed by atoms with Gasteiger partial charge in [0.05, 0.1) is 0 Å². The molecule has 0 atom stereocenters. The summed E-state index contributed by atoms with van der Waals surface area (Å²) < 4.78 is 85.5. The summed E-state index contributed by atoms with van der Waals surface area (Å²) in [6, 6.07) is 8.44. The molecule has 25 heavy (non-hydrogen) atoms. The van der Waals surface area contributed by atoms with E-state index >= 15 is 0 Å². The minimum absolute atomic E-state index is 0. The van der Waals surface area contributed by atoms with E-state index in [9.17, 15) is 26.3 Å². The smallest absolute Gasteiger partial charge is 1.00 e. The van der Waals surface area contributed by atoms with Crippen LogP contribution in [0, 0.1) is 0 Å². The fourth-order valence-electron chi connectivity index (χ4n) is 1.59. The molecule has 0 spiro atoms. The summed E-state index contributed by atoms with van der Waals surface area (Å²) in [5.41, 5.74) is -1.73. The summed E-state index contributed by atoms with van der Waals surface area (Å²) in [5, 5.41) is 0. The van der Waals surface area contributed by atoms with Crippen LogP contribution in [0.25, 0.3) is 0 Å². The van der Waals surface area contributed by atoms with E-state index in [0.29, 0.717) is 0 Å². The second-order valence-corrected chi connectivity index (χ2v) is 5.75. The van der Waals surface area contributed by atoms with Gasteiger partial charge >= 0.3 is 140 Å². The van der Waals surface area contributed by atoms with Gasteiger partial charge in [-0.2, -0.15) is 0 Å². The Morgan fingerprint density at radius 3 is 1.32 bits per heavy atom. The van der Waals surface area contributed by atoms with Gasteiger partial charge < -0.3 is 24.8 Å². The molecule has 0 bridgehead atoms. The molecule has 0 aliphatic carbocycles. The van der Waals surface area contributed by atoms with E-state index in [1.54, 1.807) is 0 Å². The molecule has 0 saturated carbocycles. The van der Waals surface area contributed by atoms with Crippen LogP contribution in [-0.2, 0) is 36.5 Å². The van der Waals surface area contributed by atoms with Crippen LogP contribution in [0.5, 0.6) is 11.5 Å². The van der Waals surface area contributed by atoms with Gasteiger partial charge in [0.25, 0.3) is 0 Å². The van der Waals surface area contributed by atoms with E-state index in [1.165, 1.54) is 24.3 Å². The van der Waals surface area contributed by atoms with Crippen LogP contribution in [0.3, 0.4) is 0 Å². The summed E-state index contributed by atoms with van der Waals surface area (Å²) in [5.74, 6) is -0.0585. The first-order valence-corrected chi connectivity index (χ1v) is 8.10. The minimum Gasteiger partial charge on any atom is -1.00 e. The molecular formula is C14H8Cl2F6O2Zr. The van der Waals surface area contributed by atoms with Gasteiger partial charge in [0.1, 0.15) is 0 Å². The fourth-order valence-corrected chi connectivity index (χ4v) is 2.79. The van der Waals surface area contributed by atoms with Gasteiger partial charge in [-0.25, -0.2) is 0 Å². The molecule has 0 aliphatic rings. The Bertz CT molecular complexity index is 621. The van der Waals surface area contributed by atoms with Crippen molar-refractivity contribution >= 4 is 0 Å². The monoisotopic (exact) mass is 482 g/mol. The third kappa shape index (κ3) is 7.46. The molecule has 0 aromatic heterocycles. The average Bonchev–Trinajstić information content (AvgIpc) is 2.46. The van der Waals surface area contributed by atoms with Gasteiger partial charge in [0, 0.05) is 0 Å². The normalized spacial score (nSPS) is 10.8. The molecule has 2 rings (SSSR count). The second-order valence-electron chi connectivity index (χ2n) is 4.34. The standard InChI is InChI=1S/2C7H5F3O.2ClH.Zr/c2*8-7(9,10)5-2-1-3-6(11)4-5;;;/h2*1-4,11H;2*1H;/q;;;;+4/p-4. The average molecular weight is 484 g/mol.